The molecule has 0 aromatic heterocycles. The van der Waals surface area contributed by atoms with E-state index < -0.39 is 40.3 Å². The minimum atomic E-state index is -1.64. The zero-order valence-corrected chi connectivity index (χ0v) is 23.4. The van der Waals surface area contributed by atoms with Gasteiger partial charge in [-0.25, -0.2) is 13.6 Å². The normalized spacial score (nSPS) is 22.1. The largest absolute Gasteiger partial charge is 0.391 e. The average Bonchev–Trinajstić information content (AvgIpc) is 2.94. The molecule has 0 bridgehead atoms. The van der Waals surface area contributed by atoms with Crippen molar-refractivity contribution in [3.05, 3.63) is 34.4 Å². The molecule has 2 amide bonds. The number of rotatable bonds is 12. The number of urea groups is 1. The van der Waals surface area contributed by atoms with Gasteiger partial charge in [-0.3, -0.25) is 0 Å². The van der Waals surface area contributed by atoms with Gasteiger partial charge in [-0.2, -0.15) is 0 Å². The highest BCUT2D eigenvalue weighted by molar-refractivity contribution is 6.31. The molecule has 38 heavy (non-hydrogen) atoms. The summed E-state index contributed by atoms with van der Waals surface area (Å²) in [4.78, 5) is 15.0. The first-order valence-corrected chi connectivity index (χ1v) is 14.3. The summed E-state index contributed by atoms with van der Waals surface area (Å²) in [5.74, 6) is -2.18. The Labute approximate surface area is 230 Å². The molecular weight excluding hydrogens is 516 g/mol. The van der Waals surface area contributed by atoms with E-state index in [-0.39, 0.29) is 30.5 Å². The summed E-state index contributed by atoms with van der Waals surface area (Å²) in [6, 6.07) is 1.57. The fraction of sp³-hybridized carbons (Fsp3) is 0.750. The van der Waals surface area contributed by atoms with Crippen LogP contribution in [0, 0.1) is 23.5 Å². The van der Waals surface area contributed by atoms with Gasteiger partial charge in [-0.1, -0.05) is 36.9 Å². The lowest BCUT2D eigenvalue weighted by molar-refractivity contribution is -0.0591. The van der Waals surface area contributed by atoms with Crippen molar-refractivity contribution in [1.29, 1.82) is 0 Å². The topological polar surface area (TPSA) is 94.1 Å². The van der Waals surface area contributed by atoms with Crippen molar-refractivity contribution in [3.8, 4) is 0 Å². The van der Waals surface area contributed by atoms with Crippen LogP contribution in [0.25, 0.3) is 0 Å². The van der Waals surface area contributed by atoms with Gasteiger partial charge in [0.1, 0.15) is 10.8 Å². The number of nitrogens with one attached hydrogen (secondary N) is 2. The predicted octanol–water partition coefficient (Wildman–Crippen LogP) is 4.57. The Bertz CT molecular complexity index is 905. The van der Waals surface area contributed by atoms with Gasteiger partial charge in [0.05, 0.1) is 17.7 Å². The van der Waals surface area contributed by atoms with Gasteiger partial charge in [0, 0.05) is 44.8 Å². The van der Waals surface area contributed by atoms with Crippen LogP contribution in [0.15, 0.2) is 12.1 Å². The van der Waals surface area contributed by atoms with Crippen molar-refractivity contribution < 1.29 is 28.5 Å². The van der Waals surface area contributed by atoms with E-state index in [1.165, 1.54) is 12.5 Å². The van der Waals surface area contributed by atoms with Crippen molar-refractivity contribution in [2.24, 2.45) is 11.8 Å². The monoisotopic (exact) mass is 559 g/mol. The molecule has 2 fully saturated rings. The summed E-state index contributed by atoms with van der Waals surface area (Å²) < 4.78 is 34.2. The van der Waals surface area contributed by atoms with Crippen molar-refractivity contribution in [1.82, 2.24) is 15.5 Å². The molecule has 1 aromatic carbocycles. The maximum absolute atomic E-state index is 15.2. The van der Waals surface area contributed by atoms with Crippen molar-refractivity contribution in [3.63, 3.8) is 0 Å². The third-order valence-electron chi connectivity index (χ3n) is 8.32. The van der Waals surface area contributed by atoms with E-state index in [0.29, 0.717) is 45.4 Å². The van der Waals surface area contributed by atoms with Gasteiger partial charge in [0.2, 0.25) is 0 Å². The second-order valence-electron chi connectivity index (χ2n) is 10.9. The van der Waals surface area contributed by atoms with E-state index >= 15 is 4.39 Å². The molecule has 4 N–H and O–H groups in total. The highest BCUT2D eigenvalue weighted by atomic mass is 35.5. The summed E-state index contributed by atoms with van der Waals surface area (Å²) in [7, 11) is 3.38. The van der Waals surface area contributed by atoms with Crippen LogP contribution >= 0.6 is 11.6 Å². The molecule has 1 heterocycles. The van der Waals surface area contributed by atoms with E-state index in [9.17, 15) is 19.4 Å². The Balaban J connectivity index is 1.77. The number of nitrogens with zero attached hydrogens (tertiary/aromatic N) is 1. The number of amides is 2. The fourth-order valence-corrected chi connectivity index (χ4v) is 6.31. The van der Waals surface area contributed by atoms with E-state index in [1.807, 2.05) is 0 Å². The van der Waals surface area contributed by atoms with Gasteiger partial charge in [-0.05, 0) is 64.0 Å². The molecule has 1 saturated heterocycles. The van der Waals surface area contributed by atoms with Crippen LogP contribution in [0.4, 0.5) is 13.6 Å². The molecule has 4 unspecified atom stereocenters. The minimum Gasteiger partial charge on any atom is -0.391 e. The van der Waals surface area contributed by atoms with E-state index in [2.05, 4.69) is 10.6 Å². The predicted molar refractivity (Wildman–Crippen MR) is 144 cm³/mol. The van der Waals surface area contributed by atoms with Gasteiger partial charge < -0.3 is 30.5 Å². The van der Waals surface area contributed by atoms with Crippen LogP contribution in [0.2, 0.25) is 5.02 Å². The number of unbranched alkanes of at least 4 members (excludes halogenated alkanes) is 1. The quantitative estimate of drug-likeness (QED) is 0.222. The SMILES string of the molecule is CNCC(NC(=O)N1CCCC(C(O)(CCCCOC)c2ccc(F)c(Cl)c2F)C1)C(O)C1CCCCC1. The van der Waals surface area contributed by atoms with Crippen LogP contribution in [-0.2, 0) is 10.3 Å². The van der Waals surface area contributed by atoms with Crippen molar-refractivity contribution in [2.75, 3.05) is 40.4 Å². The fourth-order valence-electron chi connectivity index (χ4n) is 6.14. The van der Waals surface area contributed by atoms with Crippen LogP contribution in [-0.4, -0.2) is 73.7 Å². The second kappa shape index (κ2) is 14.7. The number of halogens is 3. The number of piperidine rings is 1. The minimum absolute atomic E-state index is 0.0469. The van der Waals surface area contributed by atoms with Gasteiger partial charge >= 0.3 is 6.03 Å². The Morgan fingerprint density at radius 3 is 2.63 bits per heavy atom. The number of carbonyl (C=O) groups excluding carboxylic acids is 1. The van der Waals surface area contributed by atoms with E-state index in [0.717, 1.165) is 31.7 Å². The summed E-state index contributed by atoms with van der Waals surface area (Å²) in [6.45, 7) is 1.62. The lowest BCUT2D eigenvalue weighted by Gasteiger charge is -2.43. The molecular formula is C28H44ClF2N3O4. The molecule has 1 aromatic rings. The lowest BCUT2D eigenvalue weighted by Crippen LogP contribution is -2.57. The van der Waals surface area contributed by atoms with Gasteiger partial charge in [0.25, 0.3) is 0 Å². The summed E-state index contributed by atoms with van der Waals surface area (Å²) in [5, 5.41) is 28.5. The van der Waals surface area contributed by atoms with Crippen LogP contribution < -0.4 is 10.6 Å². The Morgan fingerprint density at radius 1 is 1.21 bits per heavy atom. The molecule has 0 spiro atoms. The smallest absolute Gasteiger partial charge is 0.317 e. The molecule has 2 aliphatic rings. The third kappa shape index (κ3) is 7.56. The molecule has 0 radical (unpaired) electrons. The van der Waals surface area contributed by atoms with Crippen molar-refractivity contribution >= 4 is 17.6 Å². The Morgan fingerprint density at radius 2 is 1.95 bits per heavy atom. The molecule has 7 nitrogen and oxygen atoms in total. The van der Waals surface area contributed by atoms with Crippen LogP contribution in [0.5, 0.6) is 0 Å². The highest BCUT2D eigenvalue weighted by Gasteiger charge is 2.43. The number of methoxy groups -OCH3 is 1. The zero-order chi connectivity index (χ0) is 27.7. The zero-order valence-electron chi connectivity index (χ0n) is 22.7. The molecule has 1 aliphatic heterocycles. The summed E-state index contributed by atoms with van der Waals surface area (Å²) >= 11 is 5.89. The van der Waals surface area contributed by atoms with Crippen LogP contribution in [0.3, 0.4) is 0 Å². The number of carbonyl (C=O) groups is 1. The molecule has 216 valence electrons. The Hall–Kier alpha value is -1.52. The number of hydrogen-bond acceptors (Lipinski definition) is 5. The molecule has 4 atom stereocenters. The van der Waals surface area contributed by atoms with E-state index in [4.69, 9.17) is 16.3 Å². The number of likely N-dealkylation sites (N-methyl/N-ethyl adjacent to an activating group) is 1. The third-order valence-corrected chi connectivity index (χ3v) is 8.67. The summed E-state index contributed by atoms with van der Waals surface area (Å²) in [5.41, 5.74) is -1.69. The number of benzene rings is 1. The molecule has 1 saturated carbocycles. The van der Waals surface area contributed by atoms with Crippen molar-refractivity contribution in [2.45, 2.75) is 82.0 Å². The molecule has 1 aliphatic carbocycles. The van der Waals surface area contributed by atoms with Crippen LogP contribution in [0.1, 0.15) is 69.8 Å². The van der Waals surface area contributed by atoms with E-state index in [1.54, 1.807) is 19.1 Å². The second-order valence-corrected chi connectivity index (χ2v) is 11.3. The number of ether oxygens (including phenoxy) is 1. The molecule has 10 heteroatoms. The maximum atomic E-state index is 15.2. The van der Waals surface area contributed by atoms with Gasteiger partial charge in [-0.15, -0.1) is 0 Å². The maximum Gasteiger partial charge on any atom is 0.317 e. The number of likely N-dealkylation sites (tertiary alicyclic amines) is 1. The number of aliphatic hydroxyl groups excluding tert-OH is 1. The first-order chi connectivity index (χ1) is 18.2. The standard InChI is InChI=1S/C28H44ClF2N3O4/c1-32-17-23(26(35)19-9-4-3-5-10-19)33-27(36)34-15-8-11-20(18-34)28(37,14-6-7-16-38-2)21-12-13-22(30)24(29)25(21)31/h12-13,19-20,23,26,32,35,37H,3-11,14-18H2,1-2H3,(H,33,36). The summed E-state index contributed by atoms with van der Waals surface area (Å²) in [6.07, 6.45) is 7.23. The number of hydrogen-bond donors (Lipinski definition) is 4. The molecule has 3 rings (SSSR count). The first-order valence-electron chi connectivity index (χ1n) is 14.0. The lowest BCUT2D eigenvalue weighted by atomic mass is 9.74. The Kier molecular flexibility index (Phi) is 12.0. The average molecular weight is 560 g/mol. The highest BCUT2D eigenvalue weighted by Crippen LogP contribution is 2.42. The van der Waals surface area contributed by atoms with Gasteiger partial charge in [0.15, 0.2) is 5.82 Å². The number of aliphatic hydroxyl groups is 2. The first kappa shape index (κ1) is 31.0.